The summed E-state index contributed by atoms with van der Waals surface area (Å²) in [4.78, 5) is 27.8. The number of carbonyl (C=O) groups is 2. The molecule has 5 heteroatoms. The van der Waals surface area contributed by atoms with Crippen molar-refractivity contribution in [3.8, 4) is 0 Å². The lowest BCUT2D eigenvalue weighted by atomic mass is 9.89. The highest BCUT2D eigenvalue weighted by molar-refractivity contribution is 6.01. The van der Waals surface area contributed by atoms with E-state index in [0.717, 1.165) is 38.8 Å². The third-order valence-electron chi connectivity index (χ3n) is 5.02. The first-order valence-corrected chi connectivity index (χ1v) is 7.92. The van der Waals surface area contributed by atoms with Gasteiger partial charge in [-0.25, -0.2) is 0 Å². The maximum atomic E-state index is 12.2. The van der Waals surface area contributed by atoms with Gasteiger partial charge in [0.2, 0.25) is 11.8 Å². The number of amides is 2. The summed E-state index contributed by atoms with van der Waals surface area (Å²) in [6.45, 7) is 7.30. The lowest BCUT2D eigenvalue weighted by molar-refractivity contribution is -0.138. The van der Waals surface area contributed by atoms with Crippen molar-refractivity contribution in [1.82, 2.24) is 9.80 Å². The minimum Gasteiger partial charge on any atom is -0.369 e. The van der Waals surface area contributed by atoms with Crippen LogP contribution in [0.3, 0.4) is 0 Å². The number of primary amides is 1. The molecule has 20 heavy (non-hydrogen) atoms. The highest BCUT2D eigenvalue weighted by Gasteiger charge is 2.40. The number of likely N-dealkylation sites (tertiary alicyclic amines) is 1. The maximum absolute atomic E-state index is 12.2. The molecule has 2 N–H and O–H groups in total. The van der Waals surface area contributed by atoms with Gasteiger partial charge in [-0.3, -0.25) is 9.59 Å². The molecule has 1 atom stereocenters. The molecule has 0 bridgehead atoms. The normalized spacial score (nSPS) is 31.1. The Labute approximate surface area is 121 Å². The minimum atomic E-state index is -0.574. The third-order valence-corrected chi connectivity index (χ3v) is 5.02. The molecule has 2 fully saturated rings. The molecule has 1 saturated heterocycles. The van der Waals surface area contributed by atoms with Gasteiger partial charge in [-0.2, -0.15) is 0 Å². The highest BCUT2D eigenvalue weighted by atomic mass is 16.2. The third kappa shape index (κ3) is 2.97. The summed E-state index contributed by atoms with van der Waals surface area (Å²) in [5.74, 6) is -1.08. The van der Waals surface area contributed by atoms with Gasteiger partial charge in [0.1, 0.15) is 5.92 Å². The molecule has 0 aromatic carbocycles. The van der Waals surface area contributed by atoms with Crippen LogP contribution in [0.15, 0.2) is 0 Å². The Morgan fingerprint density at radius 2 is 1.80 bits per heavy atom. The van der Waals surface area contributed by atoms with Gasteiger partial charge in [0.25, 0.3) is 0 Å². The summed E-state index contributed by atoms with van der Waals surface area (Å²) >= 11 is 0. The summed E-state index contributed by atoms with van der Waals surface area (Å²) < 4.78 is 0. The average Bonchev–Trinajstić information content (AvgIpc) is 2.83. The molecule has 2 rings (SSSR count). The molecular formula is C15H27N3O2. The molecule has 1 aliphatic carbocycles. The summed E-state index contributed by atoms with van der Waals surface area (Å²) in [6.07, 6.45) is 5.01. The van der Waals surface area contributed by atoms with E-state index in [4.69, 9.17) is 5.73 Å². The number of carbonyl (C=O) groups excluding carboxylic acids is 2. The van der Waals surface area contributed by atoms with E-state index >= 15 is 0 Å². The first kappa shape index (κ1) is 15.3. The van der Waals surface area contributed by atoms with Gasteiger partial charge in [-0.15, -0.1) is 0 Å². The Balaban J connectivity index is 1.88. The maximum Gasteiger partial charge on any atom is 0.235 e. The van der Waals surface area contributed by atoms with E-state index in [1.807, 2.05) is 4.90 Å². The van der Waals surface area contributed by atoms with E-state index in [-0.39, 0.29) is 5.91 Å². The Hall–Kier alpha value is -1.10. The Kier molecular flexibility index (Phi) is 5.02. The van der Waals surface area contributed by atoms with Crippen LogP contribution in [0.2, 0.25) is 0 Å². The van der Waals surface area contributed by atoms with Crippen molar-refractivity contribution in [2.45, 2.75) is 58.0 Å². The fourth-order valence-corrected chi connectivity index (χ4v) is 3.80. The van der Waals surface area contributed by atoms with Crippen LogP contribution in [-0.4, -0.2) is 53.3 Å². The van der Waals surface area contributed by atoms with Gasteiger partial charge in [-0.1, -0.05) is 13.8 Å². The quantitative estimate of drug-likeness (QED) is 0.764. The van der Waals surface area contributed by atoms with Crippen LogP contribution in [-0.2, 0) is 9.59 Å². The van der Waals surface area contributed by atoms with E-state index < -0.39 is 11.8 Å². The van der Waals surface area contributed by atoms with Gasteiger partial charge < -0.3 is 15.5 Å². The Morgan fingerprint density at radius 1 is 1.20 bits per heavy atom. The van der Waals surface area contributed by atoms with Crippen molar-refractivity contribution >= 4 is 11.8 Å². The number of nitrogens with zero attached hydrogens (tertiary/aromatic N) is 2. The molecule has 0 spiro atoms. The summed E-state index contributed by atoms with van der Waals surface area (Å²) in [5.41, 5.74) is 5.28. The van der Waals surface area contributed by atoms with Crippen LogP contribution in [0, 0.1) is 5.92 Å². The second-order valence-corrected chi connectivity index (χ2v) is 5.96. The van der Waals surface area contributed by atoms with Crippen LogP contribution < -0.4 is 5.73 Å². The van der Waals surface area contributed by atoms with Crippen molar-refractivity contribution in [3.63, 3.8) is 0 Å². The number of rotatable bonds is 5. The molecule has 1 heterocycles. The molecule has 1 aliphatic heterocycles. The van der Waals surface area contributed by atoms with E-state index in [1.54, 1.807) is 0 Å². The molecule has 5 nitrogen and oxygen atoms in total. The largest absolute Gasteiger partial charge is 0.369 e. The highest BCUT2D eigenvalue weighted by Crippen LogP contribution is 2.30. The molecule has 0 aromatic heterocycles. The fourth-order valence-electron chi connectivity index (χ4n) is 3.80. The van der Waals surface area contributed by atoms with Crippen LogP contribution in [0.5, 0.6) is 0 Å². The predicted molar refractivity (Wildman–Crippen MR) is 78.0 cm³/mol. The lowest BCUT2D eigenvalue weighted by Crippen LogP contribution is -2.45. The molecule has 114 valence electrons. The van der Waals surface area contributed by atoms with Gasteiger partial charge in [0, 0.05) is 18.6 Å². The van der Waals surface area contributed by atoms with E-state index in [9.17, 15) is 9.59 Å². The van der Waals surface area contributed by atoms with Crippen molar-refractivity contribution in [2.24, 2.45) is 11.7 Å². The lowest BCUT2D eigenvalue weighted by Gasteiger charge is -2.39. The van der Waals surface area contributed by atoms with Gasteiger partial charge in [0.05, 0.1) is 0 Å². The van der Waals surface area contributed by atoms with Crippen LogP contribution in [0.1, 0.15) is 46.0 Å². The minimum absolute atomic E-state index is 0.0382. The smallest absolute Gasteiger partial charge is 0.235 e. The summed E-state index contributed by atoms with van der Waals surface area (Å²) in [6, 6.07) is 0.976. The number of hydrogen-bond donors (Lipinski definition) is 1. The molecule has 2 aliphatic rings. The van der Waals surface area contributed by atoms with Crippen molar-refractivity contribution in [1.29, 1.82) is 0 Å². The monoisotopic (exact) mass is 281 g/mol. The Morgan fingerprint density at radius 3 is 2.25 bits per heavy atom. The van der Waals surface area contributed by atoms with Crippen molar-refractivity contribution in [3.05, 3.63) is 0 Å². The van der Waals surface area contributed by atoms with Crippen LogP contribution >= 0.6 is 0 Å². The Bertz CT molecular complexity index is 360. The van der Waals surface area contributed by atoms with Crippen molar-refractivity contribution in [2.75, 3.05) is 19.6 Å². The van der Waals surface area contributed by atoms with Crippen LogP contribution in [0.25, 0.3) is 0 Å². The molecular weight excluding hydrogens is 254 g/mol. The zero-order valence-electron chi connectivity index (χ0n) is 12.7. The van der Waals surface area contributed by atoms with E-state index in [2.05, 4.69) is 18.7 Å². The van der Waals surface area contributed by atoms with Gasteiger partial charge in [-0.05, 0) is 45.2 Å². The number of hydrogen-bond acceptors (Lipinski definition) is 3. The molecule has 2 amide bonds. The first-order chi connectivity index (χ1) is 9.58. The van der Waals surface area contributed by atoms with Gasteiger partial charge in [0.15, 0.2) is 0 Å². The average molecular weight is 281 g/mol. The predicted octanol–water partition coefficient (Wildman–Crippen LogP) is 0.973. The first-order valence-electron chi connectivity index (χ1n) is 7.92. The zero-order valence-corrected chi connectivity index (χ0v) is 12.7. The standard InChI is InChI=1S/C15H27N3O2/c1-3-17(4-2)11-5-7-12(8-6-11)18-10-9-13(14(16)19)15(18)20/h11-13H,3-10H2,1-2H3,(H2,16,19). The van der Waals surface area contributed by atoms with Gasteiger partial charge >= 0.3 is 0 Å². The summed E-state index contributed by atoms with van der Waals surface area (Å²) in [5, 5.41) is 0. The SMILES string of the molecule is CCN(CC)C1CCC(N2CCC(C(N)=O)C2=O)CC1. The van der Waals surface area contributed by atoms with Crippen molar-refractivity contribution < 1.29 is 9.59 Å². The van der Waals surface area contributed by atoms with E-state index in [1.165, 1.54) is 0 Å². The van der Waals surface area contributed by atoms with Crippen LogP contribution in [0.4, 0.5) is 0 Å². The summed E-state index contributed by atoms with van der Waals surface area (Å²) in [7, 11) is 0. The zero-order chi connectivity index (χ0) is 14.7. The van der Waals surface area contributed by atoms with E-state index in [0.29, 0.717) is 25.0 Å². The molecule has 0 aromatic rings. The molecule has 1 saturated carbocycles. The number of nitrogens with two attached hydrogens (primary N) is 1. The topological polar surface area (TPSA) is 66.6 Å². The molecule has 0 radical (unpaired) electrons. The second kappa shape index (κ2) is 6.57. The fraction of sp³-hybridized carbons (Fsp3) is 0.867. The second-order valence-electron chi connectivity index (χ2n) is 5.96. The molecule has 1 unspecified atom stereocenters.